The van der Waals surface area contributed by atoms with Crippen LogP contribution in [0.2, 0.25) is 0 Å². The molecule has 1 aromatic heterocycles. The number of benzene rings is 1. The van der Waals surface area contributed by atoms with Gasteiger partial charge in [-0.15, -0.1) is 24.8 Å². The molecule has 0 radical (unpaired) electrons. The van der Waals surface area contributed by atoms with E-state index in [0.717, 1.165) is 38.4 Å². The molecule has 1 fully saturated rings. The molecular weight excluding hydrogens is 331 g/mol. The first-order valence-electron chi connectivity index (χ1n) is 7.36. The lowest BCUT2D eigenvalue weighted by Crippen LogP contribution is -2.43. The smallest absolute Gasteiger partial charge is 0.0830 e. The summed E-state index contributed by atoms with van der Waals surface area (Å²) < 4.78 is 0. The normalized spacial score (nSPS) is 15.0. The minimum absolute atomic E-state index is 0. The molecule has 0 bridgehead atoms. The number of nitrogens with zero attached hydrogens (tertiary/aromatic N) is 4. The monoisotopic (exact) mass is 352 g/mol. The third-order valence-corrected chi connectivity index (χ3v) is 3.64. The average Bonchev–Trinajstić information content (AvgIpc) is 2.56. The Kier molecular flexibility index (Phi) is 8.62. The maximum atomic E-state index is 4.51. The third kappa shape index (κ3) is 6.18. The van der Waals surface area contributed by atoms with E-state index in [4.69, 9.17) is 0 Å². The first-order chi connectivity index (χ1) is 10.4. The highest BCUT2D eigenvalue weighted by Crippen LogP contribution is 2.08. The number of hydrogen-bond donors (Lipinski definition) is 0. The molecule has 2 heterocycles. The van der Waals surface area contributed by atoms with Crippen molar-refractivity contribution >= 4 is 31.0 Å². The molecule has 4 nitrogen and oxygen atoms in total. The Morgan fingerprint density at radius 2 is 1.61 bits per heavy atom. The van der Waals surface area contributed by atoms with Crippen molar-refractivity contribution in [3.05, 3.63) is 66.0 Å². The number of pyridine rings is 1. The summed E-state index contributed by atoms with van der Waals surface area (Å²) in [6.07, 6.45) is 3.63. The lowest BCUT2D eigenvalue weighted by Gasteiger charge is -2.33. The summed E-state index contributed by atoms with van der Waals surface area (Å²) >= 11 is 0. The van der Waals surface area contributed by atoms with E-state index in [-0.39, 0.29) is 24.8 Å². The van der Waals surface area contributed by atoms with Crippen LogP contribution in [0.15, 0.2) is 59.8 Å². The number of halogens is 2. The molecule has 1 saturated heterocycles. The van der Waals surface area contributed by atoms with Crippen molar-refractivity contribution in [2.45, 2.75) is 6.54 Å². The first-order valence-corrected chi connectivity index (χ1v) is 7.36. The molecule has 1 aromatic carbocycles. The fourth-order valence-electron chi connectivity index (χ4n) is 2.45. The number of piperazine rings is 1. The predicted octanol–water partition coefficient (Wildman–Crippen LogP) is 3.08. The van der Waals surface area contributed by atoms with Crippen LogP contribution in [0, 0.1) is 0 Å². The Balaban J connectivity index is 0.00000132. The SMILES string of the molecule is C(=N\N1CCN(Cc2ccccc2)CC1)/c1ccccn1.Cl.Cl. The number of hydrogen-bond acceptors (Lipinski definition) is 4. The highest BCUT2D eigenvalue weighted by atomic mass is 35.5. The van der Waals surface area contributed by atoms with E-state index < -0.39 is 0 Å². The predicted molar refractivity (Wildman–Crippen MR) is 99.6 cm³/mol. The van der Waals surface area contributed by atoms with E-state index in [1.54, 1.807) is 6.20 Å². The fraction of sp³-hybridized carbons (Fsp3) is 0.294. The van der Waals surface area contributed by atoms with Crippen molar-refractivity contribution in [3.63, 3.8) is 0 Å². The van der Waals surface area contributed by atoms with Gasteiger partial charge in [-0.2, -0.15) is 5.10 Å². The maximum absolute atomic E-state index is 4.51. The zero-order valence-electron chi connectivity index (χ0n) is 12.9. The quantitative estimate of drug-likeness (QED) is 0.792. The third-order valence-electron chi connectivity index (χ3n) is 3.64. The van der Waals surface area contributed by atoms with E-state index in [1.807, 2.05) is 24.4 Å². The topological polar surface area (TPSA) is 31.7 Å². The van der Waals surface area contributed by atoms with Gasteiger partial charge in [-0.25, -0.2) is 0 Å². The summed E-state index contributed by atoms with van der Waals surface area (Å²) in [6, 6.07) is 16.5. The maximum Gasteiger partial charge on any atom is 0.0830 e. The van der Waals surface area contributed by atoms with E-state index in [1.165, 1.54) is 5.56 Å². The number of aromatic nitrogens is 1. The number of rotatable bonds is 4. The van der Waals surface area contributed by atoms with Crippen LogP contribution in [0.1, 0.15) is 11.3 Å². The van der Waals surface area contributed by atoms with E-state index in [9.17, 15) is 0 Å². The standard InChI is InChI=1S/C17H20N4.2ClH/c1-2-6-16(7-3-1)15-20-10-12-21(13-11-20)19-14-17-8-4-5-9-18-17;;/h1-9,14H,10-13,15H2;2*1H/b19-14+;;. The molecule has 1 aliphatic heterocycles. The largest absolute Gasteiger partial charge is 0.295 e. The molecule has 2 aromatic rings. The van der Waals surface area contributed by atoms with Gasteiger partial charge >= 0.3 is 0 Å². The molecule has 0 amide bonds. The van der Waals surface area contributed by atoms with E-state index in [0.29, 0.717) is 0 Å². The van der Waals surface area contributed by atoms with E-state index >= 15 is 0 Å². The molecule has 0 spiro atoms. The Labute approximate surface area is 150 Å². The van der Waals surface area contributed by atoms with Crippen molar-refractivity contribution in [1.82, 2.24) is 14.9 Å². The zero-order chi connectivity index (χ0) is 14.3. The molecule has 0 N–H and O–H groups in total. The molecule has 0 aliphatic carbocycles. The molecule has 124 valence electrons. The van der Waals surface area contributed by atoms with Crippen molar-refractivity contribution in [1.29, 1.82) is 0 Å². The Morgan fingerprint density at radius 1 is 0.913 bits per heavy atom. The van der Waals surface area contributed by atoms with Gasteiger partial charge in [-0.05, 0) is 17.7 Å². The molecule has 0 unspecified atom stereocenters. The highest BCUT2D eigenvalue weighted by molar-refractivity contribution is 5.85. The molecule has 0 saturated carbocycles. The first kappa shape index (κ1) is 19.4. The van der Waals surface area contributed by atoms with Crippen LogP contribution in [0.25, 0.3) is 0 Å². The van der Waals surface area contributed by atoms with Crippen LogP contribution in [-0.2, 0) is 6.54 Å². The Bertz CT molecular complexity index is 570. The van der Waals surface area contributed by atoms with Crippen LogP contribution in [0.5, 0.6) is 0 Å². The van der Waals surface area contributed by atoms with Crippen molar-refractivity contribution < 1.29 is 0 Å². The molecular formula is C17H22Cl2N4. The fourth-order valence-corrected chi connectivity index (χ4v) is 2.45. The zero-order valence-corrected chi connectivity index (χ0v) is 14.5. The van der Waals surface area contributed by atoms with Gasteiger partial charge in [0, 0.05) is 38.9 Å². The second kappa shape index (κ2) is 10.2. The second-order valence-electron chi connectivity index (χ2n) is 5.21. The van der Waals surface area contributed by atoms with Crippen molar-refractivity contribution in [3.8, 4) is 0 Å². The molecule has 1 aliphatic rings. The minimum Gasteiger partial charge on any atom is -0.295 e. The van der Waals surface area contributed by atoms with Crippen molar-refractivity contribution in [2.24, 2.45) is 5.10 Å². The van der Waals surface area contributed by atoms with Gasteiger partial charge in [0.25, 0.3) is 0 Å². The van der Waals surface area contributed by atoms with Crippen LogP contribution in [0.4, 0.5) is 0 Å². The van der Waals surface area contributed by atoms with Crippen molar-refractivity contribution in [2.75, 3.05) is 26.2 Å². The second-order valence-corrected chi connectivity index (χ2v) is 5.21. The van der Waals surface area contributed by atoms with Crippen LogP contribution in [0.3, 0.4) is 0 Å². The van der Waals surface area contributed by atoms with Crippen LogP contribution >= 0.6 is 24.8 Å². The van der Waals surface area contributed by atoms with Gasteiger partial charge in [0.1, 0.15) is 0 Å². The average molecular weight is 353 g/mol. The van der Waals surface area contributed by atoms with Gasteiger partial charge in [0.2, 0.25) is 0 Å². The summed E-state index contributed by atoms with van der Waals surface area (Å²) in [7, 11) is 0. The van der Waals surface area contributed by atoms with Gasteiger partial charge in [-0.3, -0.25) is 14.9 Å². The lowest BCUT2D eigenvalue weighted by atomic mass is 10.2. The van der Waals surface area contributed by atoms with E-state index in [2.05, 4.69) is 50.3 Å². The van der Waals surface area contributed by atoms with Gasteiger partial charge in [-0.1, -0.05) is 36.4 Å². The van der Waals surface area contributed by atoms with Gasteiger partial charge in [0.15, 0.2) is 0 Å². The Hall–Kier alpha value is -1.62. The van der Waals surface area contributed by atoms with Gasteiger partial charge in [0.05, 0.1) is 11.9 Å². The Morgan fingerprint density at radius 3 is 2.26 bits per heavy atom. The lowest BCUT2D eigenvalue weighted by molar-refractivity contribution is 0.131. The highest BCUT2D eigenvalue weighted by Gasteiger charge is 2.15. The minimum atomic E-state index is 0. The summed E-state index contributed by atoms with van der Waals surface area (Å²) in [4.78, 5) is 6.72. The number of hydrazone groups is 1. The molecule has 3 rings (SSSR count). The van der Waals surface area contributed by atoms with Gasteiger partial charge < -0.3 is 0 Å². The van der Waals surface area contributed by atoms with Crippen LogP contribution < -0.4 is 0 Å². The summed E-state index contributed by atoms with van der Waals surface area (Å²) in [5, 5.41) is 6.64. The summed E-state index contributed by atoms with van der Waals surface area (Å²) in [6.45, 7) is 5.06. The molecule has 23 heavy (non-hydrogen) atoms. The summed E-state index contributed by atoms with van der Waals surface area (Å²) in [5.74, 6) is 0. The molecule has 6 heteroatoms. The van der Waals surface area contributed by atoms with Crippen LogP contribution in [-0.4, -0.2) is 47.3 Å². The molecule has 0 atom stereocenters. The summed E-state index contributed by atoms with van der Waals surface area (Å²) in [5.41, 5.74) is 2.28.